The predicted molar refractivity (Wildman–Crippen MR) is 74.6 cm³/mol. The minimum absolute atomic E-state index is 0.477. The van der Waals surface area contributed by atoms with Crippen LogP contribution in [-0.4, -0.2) is 53.6 Å². The van der Waals surface area contributed by atoms with Crippen LogP contribution in [-0.2, 0) is 23.9 Å². The number of carboxylic acid groups (broad SMARTS) is 1. The molecule has 22 heavy (non-hydrogen) atoms. The summed E-state index contributed by atoms with van der Waals surface area (Å²) < 4.78 is 4.67. The molecule has 0 bridgehead atoms. The Kier molecular flexibility index (Phi) is 5.86. The number of nitrogens with two attached hydrogens (primary N) is 1. The van der Waals surface area contributed by atoms with E-state index >= 15 is 0 Å². The summed E-state index contributed by atoms with van der Waals surface area (Å²) in [6.07, 6.45) is 1.21. The van der Waals surface area contributed by atoms with Crippen LogP contribution in [0.1, 0.15) is 32.6 Å². The molecule has 0 saturated heterocycles. The smallest absolute Gasteiger partial charge is 0.331 e. The molecule has 9 heteroatoms. The van der Waals surface area contributed by atoms with E-state index in [1.807, 2.05) is 0 Å². The predicted octanol–water partition coefficient (Wildman–Crippen LogP) is -1.49. The van der Waals surface area contributed by atoms with Gasteiger partial charge in [0.2, 0.25) is 11.8 Å². The third kappa shape index (κ3) is 4.17. The molecule has 124 valence electrons. The number of rotatable bonds is 7. The van der Waals surface area contributed by atoms with Crippen molar-refractivity contribution >= 4 is 23.8 Å². The molecule has 1 aliphatic rings. The number of amides is 2. The zero-order valence-corrected chi connectivity index (χ0v) is 12.5. The van der Waals surface area contributed by atoms with E-state index in [0.29, 0.717) is 12.8 Å². The summed E-state index contributed by atoms with van der Waals surface area (Å²) in [5.74, 6) is -3.03. The maximum absolute atomic E-state index is 12.1. The Bertz CT molecular complexity index is 474. The molecule has 0 radical (unpaired) electrons. The zero-order chi connectivity index (χ0) is 16.9. The van der Waals surface area contributed by atoms with Crippen LogP contribution in [0.2, 0.25) is 0 Å². The minimum Gasteiger partial charge on any atom is -0.481 e. The first-order valence-electron chi connectivity index (χ1n) is 6.90. The van der Waals surface area contributed by atoms with Crippen LogP contribution in [0, 0.1) is 0 Å². The Morgan fingerprint density at radius 3 is 2.27 bits per heavy atom. The van der Waals surface area contributed by atoms with Crippen LogP contribution in [0.25, 0.3) is 0 Å². The average Bonchev–Trinajstić information content (AvgIpc) is 2.40. The number of methoxy groups -OCH3 is 1. The summed E-state index contributed by atoms with van der Waals surface area (Å²) in [5, 5.41) is 13.5. The van der Waals surface area contributed by atoms with E-state index in [0.717, 1.165) is 6.42 Å². The van der Waals surface area contributed by atoms with Crippen LogP contribution in [0.3, 0.4) is 0 Å². The summed E-state index contributed by atoms with van der Waals surface area (Å²) in [4.78, 5) is 45.9. The van der Waals surface area contributed by atoms with Crippen LogP contribution in [0.4, 0.5) is 0 Å². The highest BCUT2D eigenvalue weighted by Gasteiger charge is 2.47. The summed E-state index contributed by atoms with van der Waals surface area (Å²) in [5.41, 5.74) is 4.37. The number of ether oxygens (including phenoxy) is 1. The largest absolute Gasteiger partial charge is 0.481 e. The molecular weight excluding hydrogens is 294 g/mol. The summed E-state index contributed by atoms with van der Waals surface area (Å²) >= 11 is 0. The lowest BCUT2D eigenvalue weighted by atomic mass is 9.76. The third-order valence-electron chi connectivity index (χ3n) is 3.63. The first-order chi connectivity index (χ1) is 10.2. The van der Waals surface area contributed by atoms with Gasteiger partial charge in [0.25, 0.3) is 0 Å². The molecule has 9 nitrogen and oxygen atoms in total. The molecule has 0 aromatic carbocycles. The van der Waals surface area contributed by atoms with E-state index < -0.39 is 47.8 Å². The fourth-order valence-corrected chi connectivity index (χ4v) is 2.12. The molecule has 1 saturated carbocycles. The monoisotopic (exact) mass is 315 g/mol. The Hall–Kier alpha value is -2.16. The standard InChI is InChI=1S/C13H21N3O6/c1-7(15-11(20)8(14)6-9(17)18)10(19)16-13(4-3-5-13)12(21)22-2/h7-8H,3-6,14H2,1-2H3,(H,15,20)(H,16,19)(H,17,18)/t7-,8-/m0/s1. The molecule has 0 heterocycles. The lowest BCUT2D eigenvalue weighted by molar-refractivity contribution is -0.155. The number of esters is 1. The summed E-state index contributed by atoms with van der Waals surface area (Å²) in [6.45, 7) is 1.42. The Morgan fingerprint density at radius 2 is 1.86 bits per heavy atom. The molecule has 1 aliphatic carbocycles. The Labute approximate surface area is 127 Å². The van der Waals surface area contributed by atoms with Crippen molar-refractivity contribution in [1.29, 1.82) is 0 Å². The number of hydrogen-bond acceptors (Lipinski definition) is 6. The second-order valence-electron chi connectivity index (χ2n) is 5.35. The van der Waals surface area contributed by atoms with E-state index in [1.165, 1.54) is 14.0 Å². The summed E-state index contributed by atoms with van der Waals surface area (Å²) in [7, 11) is 1.24. The van der Waals surface area contributed by atoms with Crippen molar-refractivity contribution in [2.24, 2.45) is 5.73 Å². The van der Waals surface area contributed by atoms with Crippen LogP contribution in [0.15, 0.2) is 0 Å². The van der Waals surface area contributed by atoms with Gasteiger partial charge < -0.3 is 26.2 Å². The molecule has 0 aliphatic heterocycles. The molecule has 0 aromatic heterocycles. The first-order valence-corrected chi connectivity index (χ1v) is 6.90. The van der Waals surface area contributed by atoms with Gasteiger partial charge in [-0.05, 0) is 26.2 Å². The maximum Gasteiger partial charge on any atom is 0.331 e. The van der Waals surface area contributed by atoms with Gasteiger partial charge in [0.05, 0.1) is 19.6 Å². The van der Waals surface area contributed by atoms with Gasteiger partial charge in [-0.15, -0.1) is 0 Å². The molecule has 0 unspecified atom stereocenters. The average molecular weight is 315 g/mol. The van der Waals surface area contributed by atoms with Gasteiger partial charge in [0.1, 0.15) is 11.6 Å². The number of hydrogen-bond donors (Lipinski definition) is 4. The second-order valence-corrected chi connectivity index (χ2v) is 5.35. The van der Waals surface area contributed by atoms with Crippen molar-refractivity contribution < 1.29 is 29.0 Å². The Balaban J connectivity index is 2.56. The third-order valence-corrected chi connectivity index (χ3v) is 3.63. The number of aliphatic carboxylic acids is 1. The quantitative estimate of drug-likeness (QED) is 0.418. The minimum atomic E-state index is -1.24. The number of carboxylic acids is 1. The fraction of sp³-hybridized carbons (Fsp3) is 0.692. The normalized spacial score (nSPS) is 18.3. The number of nitrogens with one attached hydrogen (secondary N) is 2. The highest BCUT2D eigenvalue weighted by Crippen LogP contribution is 2.32. The SMILES string of the molecule is COC(=O)C1(NC(=O)[C@H](C)NC(=O)[C@@H](N)CC(=O)O)CCC1. The van der Waals surface area contributed by atoms with Crippen molar-refractivity contribution in [3.05, 3.63) is 0 Å². The van der Waals surface area contributed by atoms with Crippen molar-refractivity contribution in [3.8, 4) is 0 Å². The number of carbonyl (C=O) groups is 4. The van der Waals surface area contributed by atoms with Gasteiger partial charge in [-0.1, -0.05) is 0 Å². The van der Waals surface area contributed by atoms with Crippen molar-refractivity contribution in [3.63, 3.8) is 0 Å². The molecular formula is C13H21N3O6. The fourth-order valence-electron chi connectivity index (χ4n) is 2.12. The Morgan fingerprint density at radius 1 is 1.27 bits per heavy atom. The first kappa shape index (κ1) is 17.9. The lowest BCUT2D eigenvalue weighted by Crippen LogP contribution is -2.63. The van der Waals surface area contributed by atoms with Gasteiger partial charge in [-0.25, -0.2) is 4.79 Å². The topological polar surface area (TPSA) is 148 Å². The highest BCUT2D eigenvalue weighted by molar-refractivity contribution is 5.94. The van der Waals surface area contributed by atoms with E-state index in [9.17, 15) is 19.2 Å². The van der Waals surface area contributed by atoms with E-state index in [-0.39, 0.29) is 0 Å². The molecule has 2 amide bonds. The second kappa shape index (κ2) is 7.21. The lowest BCUT2D eigenvalue weighted by Gasteiger charge is -2.40. The van der Waals surface area contributed by atoms with Gasteiger partial charge >= 0.3 is 11.9 Å². The molecule has 2 atom stereocenters. The zero-order valence-electron chi connectivity index (χ0n) is 12.5. The molecule has 1 fully saturated rings. The van der Waals surface area contributed by atoms with Gasteiger partial charge in [-0.2, -0.15) is 0 Å². The molecule has 1 rings (SSSR count). The molecule has 0 spiro atoms. The molecule has 5 N–H and O–H groups in total. The van der Waals surface area contributed by atoms with Crippen molar-refractivity contribution in [2.45, 2.75) is 50.2 Å². The maximum atomic E-state index is 12.1. The van der Waals surface area contributed by atoms with E-state index in [4.69, 9.17) is 10.8 Å². The number of carbonyl (C=O) groups excluding carboxylic acids is 3. The van der Waals surface area contributed by atoms with E-state index in [2.05, 4.69) is 15.4 Å². The van der Waals surface area contributed by atoms with E-state index in [1.54, 1.807) is 0 Å². The van der Waals surface area contributed by atoms with Crippen molar-refractivity contribution in [1.82, 2.24) is 10.6 Å². The highest BCUT2D eigenvalue weighted by atomic mass is 16.5. The van der Waals surface area contributed by atoms with Crippen LogP contribution in [0.5, 0.6) is 0 Å². The van der Waals surface area contributed by atoms with Crippen LogP contribution >= 0.6 is 0 Å². The van der Waals surface area contributed by atoms with Gasteiger partial charge in [0.15, 0.2) is 0 Å². The van der Waals surface area contributed by atoms with Gasteiger partial charge in [-0.3, -0.25) is 14.4 Å². The van der Waals surface area contributed by atoms with Crippen molar-refractivity contribution in [2.75, 3.05) is 7.11 Å². The van der Waals surface area contributed by atoms with Gasteiger partial charge in [0, 0.05) is 0 Å². The van der Waals surface area contributed by atoms with Crippen LogP contribution < -0.4 is 16.4 Å². The molecule has 0 aromatic rings. The summed E-state index contributed by atoms with van der Waals surface area (Å²) in [6, 6.07) is -2.19.